The highest BCUT2D eigenvalue weighted by Gasteiger charge is 2.46. The second kappa shape index (κ2) is 8.00. The van der Waals surface area contributed by atoms with E-state index in [9.17, 15) is 28.1 Å². The molecule has 2 aromatic carbocycles. The van der Waals surface area contributed by atoms with E-state index in [1.54, 1.807) is 25.1 Å². The van der Waals surface area contributed by atoms with Crippen molar-refractivity contribution in [3.63, 3.8) is 0 Å². The van der Waals surface area contributed by atoms with Crippen LogP contribution in [-0.4, -0.2) is 38.8 Å². The van der Waals surface area contributed by atoms with Crippen molar-refractivity contribution in [2.24, 2.45) is 0 Å². The maximum Gasteiger partial charge on any atom is 0.573 e. The highest BCUT2D eigenvalue weighted by Crippen LogP contribution is 2.34. The molecule has 0 aliphatic carbocycles. The van der Waals surface area contributed by atoms with Crippen molar-refractivity contribution in [1.82, 2.24) is 9.55 Å². The van der Waals surface area contributed by atoms with Crippen molar-refractivity contribution in [3.05, 3.63) is 75.5 Å². The predicted octanol–water partition coefficient (Wildman–Crippen LogP) is 4.29. The Bertz CT molecular complexity index is 1300. The number of aromatic nitrogens is 2. The first-order valence-corrected chi connectivity index (χ1v) is 10.7. The number of rotatable bonds is 5. The van der Waals surface area contributed by atoms with Crippen molar-refractivity contribution < 1.29 is 32.4 Å². The fourth-order valence-electron chi connectivity index (χ4n) is 4.42. The summed E-state index contributed by atoms with van der Waals surface area (Å²) in [4.78, 5) is 29.4. The number of nitro groups is 1. The third-order valence-electron chi connectivity index (χ3n) is 6.10. The van der Waals surface area contributed by atoms with Gasteiger partial charge in [-0.1, -0.05) is 12.1 Å². The summed E-state index contributed by atoms with van der Waals surface area (Å²) in [5.74, 6) is -0.868. The number of carbonyl (C=O) groups excluding carboxylic acids is 1. The van der Waals surface area contributed by atoms with Crippen LogP contribution >= 0.6 is 0 Å². The van der Waals surface area contributed by atoms with Crippen LogP contribution < -0.4 is 14.4 Å². The molecule has 5 rings (SSSR count). The lowest BCUT2D eigenvalue weighted by Gasteiger charge is -2.31. The van der Waals surface area contributed by atoms with Gasteiger partial charge in [-0.05, 0) is 59.7 Å². The molecule has 0 saturated heterocycles. The first-order chi connectivity index (χ1) is 16.5. The molecular formula is C23H19F3N4O5. The molecule has 0 N–H and O–H groups in total. The number of imidazole rings is 1. The second-order valence-electron chi connectivity index (χ2n) is 8.63. The lowest BCUT2D eigenvalue weighted by Crippen LogP contribution is -2.41. The van der Waals surface area contributed by atoms with E-state index < -0.39 is 16.9 Å². The third kappa shape index (κ3) is 4.38. The van der Waals surface area contributed by atoms with E-state index in [1.807, 2.05) is 17.0 Å². The number of fused-ring (bicyclic) bond motifs is 2. The highest BCUT2D eigenvalue weighted by molar-refractivity contribution is 6.03. The van der Waals surface area contributed by atoms with Crippen molar-refractivity contribution >= 4 is 17.3 Å². The molecule has 9 nitrogen and oxygen atoms in total. The Morgan fingerprint density at radius 3 is 2.60 bits per heavy atom. The zero-order valence-corrected chi connectivity index (χ0v) is 18.4. The van der Waals surface area contributed by atoms with E-state index >= 15 is 0 Å². The van der Waals surface area contributed by atoms with E-state index in [0.717, 1.165) is 16.8 Å². The number of anilines is 1. The van der Waals surface area contributed by atoms with Gasteiger partial charge in [-0.2, -0.15) is 0 Å². The van der Waals surface area contributed by atoms with Gasteiger partial charge in [0, 0.05) is 29.3 Å². The average Bonchev–Trinajstić information content (AvgIpc) is 3.33. The maximum atomic E-state index is 13.3. The van der Waals surface area contributed by atoms with Gasteiger partial charge in [-0.3, -0.25) is 9.36 Å². The van der Waals surface area contributed by atoms with Crippen LogP contribution in [0.2, 0.25) is 0 Å². The number of benzene rings is 2. The number of carbonyl (C=O) groups is 1. The normalized spacial score (nSPS) is 19.0. The van der Waals surface area contributed by atoms with Crippen molar-refractivity contribution in [3.8, 4) is 11.8 Å². The van der Waals surface area contributed by atoms with E-state index in [0.29, 0.717) is 25.1 Å². The summed E-state index contributed by atoms with van der Waals surface area (Å²) in [7, 11) is 0. The Hall–Kier alpha value is -4.09. The molecule has 35 heavy (non-hydrogen) atoms. The number of nitrogens with zero attached hydrogens (tertiary/aromatic N) is 4. The van der Waals surface area contributed by atoms with E-state index in [1.165, 1.54) is 22.9 Å². The summed E-state index contributed by atoms with van der Waals surface area (Å²) in [6, 6.07) is 11.1. The smallest absolute Gasteiger partial charge is 0.429 e. The van der Waals surface area contributed by atoms with Gasteiger partial charge >= 0.3 is 18.2 Å². The number of hydrogen-bond acceptors (Lipinski definition) is 7. The van der Waals surface area contributed by atoms with Crippen LogP contribution in [-0.2, 0) is 19.5 Å². The van der Waals surface area contributed by atoms with Crippen LogP contribution in [0.5, 0.6) is 11.8 Å². The number of Topliss-reactive ketones (excluding diaryl/α,β-unsaturated/α-hetero) is 1. The fraction of sp³-hybridized carbons (Fsp3) is 0.304. The lowest BCUT2D eigenvalue weighted by molar-refractivity contribution is -0.389. The molecule has 0 spiro atoms. The molecule has 0 bridgehead atoms. The monoisotopic (exact) mass is 488 g/mol. The summed E-state index contributed by atoms with van der Waals surface area (Å²) in [6.07, 6.45) is -2.85. The van der Waals surface area contributed by atoms with Crippen molar-refractivity contribution in [1.29, 1.82) is 0 Å². The van der Waals surface area contributed by atoms with Crippen LogP contribution in [0, 0.1) is 10.1 Å². The zero-order chi connectivity index (χ0) is 25.0. The largest absolute Gasteiger partial charge is 0.573 e. The summed E-state index contributed by atoms with van der Waals surface area (Å²) in [5, 5.41) is 10.9. The number of hydrogen-bond donors (Lipinski definition) is 0. The molecule has 12 heteroatoms. The van der Waals surface area contributed by atoms with Crippen LogP contribution in [0.4, 0.5) is 24.7 Å². The topological polar surface area (TPSA) is 99.7 Å². The molecule has 0 amide bonds. The first-order valence-electron chi connectivity index (χ1n) is 10.7. The summed E-state index contributed by atoms with van der Waals surface area (Å²) < 4.78 is 48.2. The van der Waals surface area contributed by atoms with E-state index in [-0.39, 0.29) is 29.9 Å². The third-order valence-corrected chi connectivity index (χ3v) is 6.10. The molecule has 0 unspecified atom stereocenters. The van der Waals surface area contributed by atoms with Gasteiger partial charge < -0.3 is 24.5 Å². The number of ketones is 1. The van der Waals surface area contributed by atoms with Gasteiger partial charge in [0.25, 0.3) is 0 Å². The van der Waals surface area contributed by atoms with Crippen LogP contribution in [0.15, 0.2) is 48.7 Å². The molecule has 0 radical (unpaired) electrons. The number of halogens is 3. The minimum absolute atomic E-state index is 0.0350. The number of ether oxygens (including phenoxy) is 2. The van der Waals surface area contributed by atoms with Gasteiger partial charge in [0.05, 0.1) is 6.54 Å². The number of alkyl halides is 3. The molecular weight excluding hydrogens is 469 g/mol. The second-order valence-corrected chi connectivity index (χ2v) is 8.63. The zero-order valence-electron chi connectivity index (χ0n) is 18.4. The van der Waals surface area contributed by atoms with Gasteiger partial charge in [0.2, 0.25) is 5.78 Å². The molecule has 2 aliphatic heterocycles. The molecule has 0 saturated carbocycles. The molecule has 3 aromatic rings. The van der Waals surface area contributed by atoms with Gasteiger partial charge in [-0.25, -0.2) is 0 Å². The van der Waals surface area contributed by atoms with E-state index in [4.69, 9.17) is 4.74 Å². The molecule has 1 atom stereocenters. The summed E-state index contributed by atoms with van der Waals surface area (Å²) in [5.41, 5.74) is 2.00. The van der Waals surface area contributed by atoms with Gasteiger partial charge in [0.1, 0.15) is 11.9 Å². The molecule has 2 aliphatic rings. The molecule has 0 fully saturated rings. The Balaban J connectivity index is 1.28. The van der Waals surface area contributed by atoms with Crippen LogP contribution in [0.3, 0.4) is 0 Å². The Morgan fingerprint density at radius 2 is 1.94 bits per heavy atom. The van der Waals surface area contributed by atoms with Gasteiger partial charge in [0.15, 0.2) is 5.60 Å². The Labute approximate surface area is 196 Å². The quantitative estimate of drug-likeness (QED) is 0.300. The molecule has 182 valence electrons. The lowest BCUT2D eigenvalue weighted by atomic mass is 9.90. The summed E-state index contributed by atoms with van der Waals surface area (Å²) >= 11 is 0. The highest BCUT2D eigenvalue weighted by atomic mass is 19.4. The van der Waals surface area contributed by atoms with Gasteiger partial charge in [-0.15, -0.1) is 13.2 Å². The van der Waals surface area contributed by atoms with Crippen molar-refractivity contribution in [2.45, 2.75) is 38.4 Å². The van der Waals surface area contributed by atoms with Crippen LogP contribution in [0.25, 0.3) is 0 Å². The predicted molar refractivity (Wildman–Crippen MR) is 117 cm³/mol. The minimum atomic E-state index is -4.74. The fourth-order valence-corrected chi connectivity index (χ4v) is 4.42. The molecule has 1 aromatic heterocycles. The minimum Gasteiger partial charge on any atom is -0.429 e. The SMILES string of the molecule is C[C@]1(C(=O)c2ccc3c(c2)CCN(c2ccc(OC(F)(F)F)cc2)C3)Cn2cc([N+](=O)[O-])nc2O1. The van der Waals surface area contributed by atoms with E-state index in [2.05, 4.69) is 9.72 Å². The maximum absolute atomic E-state index is 13.3. The Morgan fingerprint density at radius 1 is 1.20 bits per heavy atom. The Kier molecular flexibility index (Phi) is 5.18. The molecule has 3 heterocycles. The average molecular weight is 488 g/mol. The first kappa shape index (κ1) is 22.7. The standard InChI is InChI=1S/C23H19F3N4O5/c1-22(13-29-12-19(30(32)33)27-21(29)35-22)20(31)15-2-3-16-11-28(9-8-14(16)10-15)17-4-6-18(7-5-17)34-23(24,25)26/h2-7,10,12H,8-9,11,13H2,1H3/t22-/m1/s1. The van der Waals surface area contributed by atoms with Crippen LogP contribution in [0.1, 0.15) is 28.4 Å². The van der Waals surface area contributed by atoms with Crippen molar-refractivity contribution in [2.75, 3.05) is 11.4 Å². The summed E-state index contributed by atoms with van der Waals surface area (Å²) in [6.45, 7) is 2.90.